The van der Waals surface area contributed by atoms with Gasteiger partial charge in [0.2, 0.25) is 0 Å². The molecular weight excluding hydrogens is 384 g/mol. The number of carbonyl (C=O) groups is 1. The van der Waals surface area contributed by atoms with Gasteiger partial charge in [-0.1, -0.05) is 23.5 Å². The molecule has 3 N–H and O–H groups in total. The Morgan fingerprint density at radius 3 is 3.00 bits per heavy atom. The molecule has 7 nitrogen and oxygen atoms in total. The first-order valence-electron chi connectivity index (χ1n) is 9.58. The predicted molar refractivity (Wildman–Crippen MR) is 115 cm³/mol. The van der Waals surface area contributed by atoms with Crippen molar-refractivity contribution in [3.8, 4) is 0 Å². The Hall–Kier alpha value is -3.26. The van der Waals surface area contributed by atoms with E-state index in [1.807, 2.05) is 31.2 Å². The number of aromatic nitrogens is 4. The van der Waals surface area contributed by atoms with Crippen molar-refractivity contribution in [2.75, 3.05) is 10.6 Å². The van der Waals surface area contributed by atoms with E-state index in [1.54, 1.807) is 12.4 Å². The Morgan fingerprint density at radius 1 is 1.24 bits per heavy atom. The van der Waals surface area contributed by atoms with Gasteiger partial charge in [0.1, 0.15) is 10.7 Å². The van der Waals surface area contributed by atoms with Gasteiger partial charge in [-0.2, -0.15) is 5.10 Å². The highest BCUT2D eigenvalue weighted by atomic mass is 32.1. The fraction of sp³-hybridized carbons (Fsp3) is 0.238. The van der Waals surface area contributed by atoms with Gasteiger partial charge >= 0.3 is 0 Å². The Morgan fingerprint density at radius 2 is 2.14 bits per heavy atom. The summed E-state index contributed by atoms with van der Waals surface area (Å²) in [6.07, 6.45) is 6.94. The molecule has 0 spiro atoms. The fourth-order valence-electron chi connectivity index (χ4n) is 3.29. The molecule has 3 aromatic heterocycles. The van der Waals surface area contributed by atoms with Gasteiger partial charge in [-0.15, -0.1) is 0 Å². The molecule has 0 saturated heterocycles. The third kappa shape index (κ3) is 3.84. The lowest BCUT2D eigenvalue weighted by Crippen LogP contribution is -2.11. The van der Waals surface area contributed by atoms with E-state index in [-0.39, 0.29) is 5.91 Å². The maximum Gasteiger partial charge on any atom is 0.267 e. The van der Waals surface area contributed by atoms with Crippen LogP contribution < -0.4 is 10.6 Å². The first-order chi connectivity index (χ1) is 14.2. The molecule has 0 atom stereocenters. The van der Waals surface area contributed by atoms with Gasteiger partial charge in [-0.05, 0) is 55.9 Å². The van der Waals surface area contributed by atoms with Crippen LogP contribution in [0.1, 0.15) is 33.8 Å². The number of H-pyrrole nitrogens is 1. The quantitative estimate of drug-likeness (QED) is 0.434. The summed E-state index contributed by atoms with van der Waals surface area (Å²) in [4.78, 5) is 22.3. The zero-order chi connectivity index (χ0) is 19.8. The number of fused-ring (bicyclic) bond motifs is 1. The molecule has 0 aliphatic heterocycles. The van der Waals surface area contributed by atoms with Crippen LogP contribution in [0, 0.1) is 12.8 Å². The maximum absolute atomic E-state index is 12.8. The minimum Gasteiger partial charge on any atom is -0.320 e. The van der Waals surface area contributed by atoms with Crippen molar-refractivity contribution >= 4 is 44.8 Å². The summed E-state index contributed by atoms with van der Waals surface area (Å²) in [5.74, 6) is 1.35. The number of aryl methyl sites for hydroxylation is 1. The molecule has 29 heavy (non-hydrogen) atoms. The third-order valence-electron chi connectivity index (χ3n) is 5.04. The van der Waals surface area contributed by atoms with Gasteiger partial charge < -0.3 is 10.6 Å². The number of benzene rings is 1. The molecule has 146 valence electrons. The number of carbonyl (C=O) groups excluding carboxylic acids is 1. The van der Waals surface area contributed by atoms with Gasteiger partial charge in [0, 0.05) is 11.1 Å². The molecule has 1 aromatic carbocycles. The second-order valence-electron chi connectivity index (χ2n) is 7.36. The van der Waals surface area contributed by atoms with E-state index >= 15 is 0 Å². The molecule has 0 unspecified atom stereocenters. The standard InChI is InChI=1S/C21H20N6OS/c1-12-5-8-16-15(10-23-27-16)19(12)26-20(28)17-11-22-21(29-17)25-18-4-2-3-14(24-18)9-13-6-7-13/h2-5,8,10-11,13H,6-7,9H2,1H3,(H,23,27)(H,26,28)(H,22,24,25). The summed E-state index contributed by atoms with van der Waals surface area (Å²) in [5.41, 5.74) is 3.72. The number of hydrogen-bond acceptors (Lipinski definition) is 6. The van der Waals surface area contributed by atoms with Crippen LogP contribution in [0.3, 0.4) is 0 Å². The highest BCUT2D eigenvalue weighted by Gasteiger charge is 2.22. The lowest BCUT2D eigenvalue weighted by Gasteiger charge is -2.08. The number of aromatic amines is 1. The molecule has 3 heterocycles. The molecule has 1 saturated carbocycles. The van der Waals surface area contributed by atoms with Crippen molar-refractivity contribution in [3.63, 3.8) is 0 Å². The zero-order valence-corrected chi connectivity index (χ0v) is 16.7. The van der Waals surface area contributed by atoms with Crippen molar-refractivity contribution < 1.29 is 4.79 Å². The van der Waals surface area contributed by atoms with E-state index in [1.165, 1.54) is 24.2 Å². The van der Waals surface area contributed by atoms with Crippen molar-refractivity contribution in [2.45, 2.75) is 26.2 Å². The smallest absolute Gasteiger partial charge is 0.267 e. The number of nitrogens with zero attached hydrogens (tertiary/aromatic N) is 3. The predicted octanol–water partition coefficient (Wildman–Crippen LogP) is 4.67. The van der Waals surface area contributed by atoms with Crippen LogP contribution in [-0.4, -0.2) is 26.1 Å². The molecule has 5 rings (SSSR count). The lowest BCUT2D eigenvalue weighted by molar-refractivity contribution is 0.103. The van der Waals surface area contributed by atoms with E-state index in [0.29, 0.717) is 10.0 Å². The van der Waals surface area contributed by atoms with E-state index < -0.39 is 0 Å². The topological polar surface area (TPSA) is 95.6 Å². The van der Waals surface area contributed by atoms with E-state index in [4.69, 9.17) is 0 Å². The number of nitrogens with one attached hydrogen (secondary N) is 3. The monoisotopic (exact) mass is 404 g/mol. The maximum atomic E-state index is 12.8. The van der Waals surface area contributed by atoms with E-state index in [9.17, 15) is 4.79 Å². The molecule has 4 aromatic rings. The minimum atomic E-state index is -0.192. The van der Waals surface area contributed by atoms with Gasteiger partial charge in [0.05, 0.1) is 23.6 Å². The number of rotatable bonds is 6. The van der Waals surface area contributed by atoms with Crippen LogP contribution in [0.2, 0.25) is 0 Å². The van der Waals surface area contributed by atoms with Crippen molar-refractivity contribution in [3.05, 3.63) is 58.9 Å². The first kappa shape index (κ1) is 17.8. The van der Waals surface area contributed by atoms with Crippen LogP contribution in [0.5, 0.6) is 0 Å². The van der Waals surface area contributed by atoms with Crippen molar-refractivity contribution in [1.29, 1.82) is 0 Å². The minimum absolute atomic E-state index is 0.192. The Bertz CT molecular complexity index is 1190. The summed E-state index contributed by atoms with van der Waals surface area (Å²) in [6, 6.07) is 9.88. The molecule has 8 heteroatoms. The van der Waals surface area contributed by atoms with Crippen molar-refractivity contribution in [1.82, 2.24) is 20.2 Å². The second kappa shape index (κ2) is 7.29. The average molecular weight is 404 g/mol. The summed E-state index contributed by atoms with van der Waals surface area (Å²) >= 11 is 1.30. The van der Waals surface area contributed by atoms with Crippen molar-refractivity contribution in [2.24, 2.45) is 5.92 Å². The molecule has 1 aliphatic rings. The highest BCUT2D eigenvalue weighted by Crippen LogP contribution is 2.32. The summed E-state index contributed by atoms with van der Waals surface area (Å²) in [5, 5.41) is 14.7. The fourth-order valence-corrected chi connectivity index (χ4v) is 4.01. The molecule has 0 bridgehead atoms. The largest absolute Gasteiger partial charge is 0.320 e. The van der Waals surface area contributed by atoms with E-state index in [0.717, 1.165) is 46.0 Å². The number of pyridine rings is 1. The Kier molecular flexibility index (Phi) is 4.48. The van der Waals surface area contributed by atoms with Crippen LogP contribution in [0.4, 0.5) is 16.6 Å². The number of hydrogen-bond donors (Lipinski definition) is 3. The molecule has 1 amide bonds. The van der Waals surface area contributed by atoms with Gasteiger partial charge in [-0.25, -0.2) is 9.97 Å². The molecular formula is C21H20N6OS. The average Bonchev–Trinajstić information content (AvgIpc) is 3.20. The van der Waals surface area contributed by atoms with Gasteiger partial charge in [-0.3, -0.25) is 9.89 Å². The first-order valence-corrected chi connectivity index (χ1v) is 10.4. The summed E-state index contributed by atoms with van der Waals surface area (Å²) in [7, 11) is 0. The van der Waals surface area contributed by atoms with Crippen LogP contribution >= 0.6 is 11.3 Å². The zero-order valence-electron chi connectivity index (χ0n) is 15.9. The normalized spacial score (nSPS) is 13.6. The SMILES string of the molecule is Cc1ccc2[nH]ncc2c1NC(=O)c1cnc(Nc2cccc(CC3CC3)n2)s1. The lowest BCUT2D eigenvalue weighted by atomic mass is 10.1. The van der Waals surface area contributed by atoms with E-state index in [2.05, 4.69) is 36.9 Å². The number of anilines is 3. The van der Waals surface area contributed by atoms with Gasteiger partial charge in [0.25, 0.3) is 5.91 Å². The summed E-state index contributed by atoms with van der Waals surface area (Å²) < 4.78 is 0. The Balaban J connectivity index is 1.31. The molecule has 1 fully saturated rings. The van der Waals surface area contributed by atoms with Gasteiger partial charge in [0.15, 0.2) is 5.13 Å². The van der Waals surface area contributed by atoms with Crippen LogP contribution in [-0.2, 0) is 6.42 Å². The number of amides is 1. The highest BCUT2D eigenvalue weighted by molar-refractivity contribution is 7.17. The Labute approximate surface area is 171 Å². The van der Waals surface area contributed by atoms with Crippen LogP contribution in [0.25, 0.3) is 10.9 Å². The number of thiazole rings is 1. The summed E-state index contributed by atoms with van der Waals surface area (Å²) in [6.45, 7) is 1.96. The molecule has 0 radical (unpaired) electrons. The molecule has 1 aliphatic carbocycles. The second-order valence-corrected chi connectivity index (χ2v) is 8.39. The van der Waals surface area contributed by atoms with Crippen LogP contribution in [0.15, 0.2) is 42.7 Å². The third-order valence-corrected chi connectivity index (χ3v) is 5.95.